The number of Topliss-reactive ketones (excluding diaryl/α,β-unsaturated/α-hetero) is 1. The van der Waals surface area contributed by atoms with Gasteiger partial charge >= 0.3 is 0 Å². The van der Waals surface area contributed by atoms with Gasteiger partial charge in [-0.05, 0) is 41.7 Å². The van der Waals surface area contributed by atoms with Gasteiger partial charge in [0.2, 0.25) is 0 Å². The van der Waals surface area contributed by atoms with E-state index in [1.807, 2.05) is 6.07 Å². The Morgan fingerprint density at radius 3 is 2.30 bits per heavy atom. The predicted octanol–water partition coefficient (Wildman–Crippen LogP) is 4.21. The summed E-state index contributed by atoms with van der Waals surface area (Å²) in [6.45, 7) is 0. The number of hydrogen-bond acceptors (Lipinski definition) is 3. The number of aromatic nitrogens is 2. The predicted molar refractivity (Wildman–Crippen MR) is 91.0 cm³/mol. The van der Waals surface area contributed by atoms with Crippen molar-refractivity contribution in [2.45, 2.75) is 25.7 Å². The second kappa shape index (κ2) is 5.92. The van der Waals surface area contributed by atoms with E-state index in [4.69, 9.17) is 0 Å². The number of hydrogen-bond donors (Lipinski definition) is 0. The molecule has 2 aromatic carbocycles. The van der Waals surface area contributed by atoms with Crippen molar-refractivity contribution in [3.63, 3.8) is 0 Å². The lowest BCUT2D eigenvalue weighted by atomic mass is 9.80. The summed E-state index contributed by atoms with van der Waals surface area (Å²) < 4.78 is 0. The van der Waals surface area contributed by atoms with Gasteiger partial charge in [0.25, 0.3) is 0 Å². The molecular weight excluding hydrogens is 284 g/mol. The topological polar surface area (TPSA) is 42.9 Å². The summed E-state index contributed by atoms with van der Waals surface area (Å²) in [7, 11) is 0. The van der Waals surface area contributed by atoms with Crippen LogP contribution in [-0.2, 0) is 11.2 Å². The first-order valence-corrected chi connectivity index (χ1v) is 8.12. The van der Waals surface area contributed by atoms with Gasteiger partial charge in [0.1, 0.15) is 5.78 Å². The minimum Gasteiger partial charge on any atom is -0.299 e. The fourth-order valence-corrected chi connectivity index (χ4v) is 3.03. The molecule has 1 fully saturated rings. The highest BCUT2D eigenvalue weighted by Crippen LogP contribution is 2.29. The van der Waals surface area contributed by atoms with Crippen LogP contribution in [0.15, 0.2) is 54.9 Å². The molecule has 0 spiro atoms. The molecule has 4 rings (SSSR count). The minimum atomic E-state index is 0.314. The Morgan fingerprint density at radius 2 is 1.61 bits per heavy atom. The van der Waals surface area contributed by atoms with E-state index in [1.165, 1.54) is 6.42 Å². The normalized spacial score (nSPS) is 14.6. The van der Waals surface area contributed by atoms with Gasteiger partial charge in [0.15, 0.2) is 0 Å². The Labute approximate surface area is 135 Å². The number of rotatable bonds is 4. The molecule has 1 aliphatic rings. The quantitative estimate of drug-likeness (QED) is 0.725. The third kappa shape index (κ3) is 2.87. The van der Waals surface area contributed by atoms with Crippen LogP contribution in [0, 0.1) is 5.92 Å². The van der Waals surface area contributed by atoms with E-state index in [0.717, 1.165) is 40.6 Å². The van der Waals surface area contributed by atoms with Gasteiger partial charge in [-0.1, -0.05) is 36.8 Å². The molecule has 1 aromatic heterocycles. The summed E-state index contributed by atoms with van der Waals surface area (Å²) in [6.07, 6.45) is 7.34. The van der Waals surface area contributed by atoms with Crippen LogP contribution in [0.3, 0.4) is 0 Å². The van der Waals surface area contributed by atoms with E-state index >= 15 is 0 Å². The van der Waals surface area contributed by atoms with Crippen LogP contribution in [0.1, 0.15) is 24.8 Å². The van der Waals surface area contributed by atoms with E-state index in [-0.39, 0.29) is 0 Å². The highest BCUT2D eigenvalue weighted by molar-refractivity contribution is 5.84. The standard InChI is InChI=1S/C20H18N2O/c23-20(16-2-1-3-16)12-14-4-6-15(7-5-14)17-8-9-18-19(13-17)22-11-10-21-18/h4-11,13,16H,1-3,12H2. The lowest BCUT2D eigenvalue weighted by Crippen LogP contribution is -2.23. The Balaban J connectivity index is 1.55. The van der Waals surface area contributed by atoms with Crippen LogP contribution in [0.4, 0.5) is 0 Å². The molecule has 3 aromatic rings. The first kappa shape index (κ1) is 14.1. The van der Waals surface area contributed by atoms with E-state index in [0.29, 0.717) is 18.1 Å². The maximum Gasteiger partial charge on any atom is 0.140 e. The monoisotopic (exact) mass is 302 g/mol. The summed E-state index contributed by atoms with van der Waals surface area (Å²) in [4.78, 5) is 20.7. The van der Waals surface area contributed by atoms with Crippen LogP contribution >= 0.6 is 0 Å². The average molecular weight is 302 g/mol. The molecular formula is C20H18N2O. The zero-order chi connectivity index (χ0) is 15.6. The molecule has 1 aliphatic carbocycles. The van der Waals surface area contributed by atoms with E-state index < -0.39 is 0 Å². The van der Waals surface area contributed by atoms with Crippen LogP contribution in [0.25, 0.3) is 22.2 Å². The van der Waals surface area contributed by atoms with Gasteiger partial charge in [-0.2, -0.15) is 0 Å². The van der Waals surface area contributed by atoms with Gasteiger partial charge < -0.3 is 0 Å². The zero-order valence-electron chi connectivity index (χ0n) is 12.9. The van der Waals surface area contributed by atoms with Gasteiger partial charge in [0, 0.05) is 24.7 Å². The Kier molecular flexibility index (Phi) is 3.62. The van der Waals surface area contributed by atoms with Gasteiger partial charge in [-0.15, -0.1) is 0 Å². The van der Waals surface area contributed by atoms with Crippen molar-refractivity contribution in [1.29, 1.82) is 0 Å². The summed E-state index contributed by atoms with van der Waals surface area (Å²) in [5.74, 6) is 0.707. The number of ketones is 1. The third-order valence-electron chi connectivity index (χ3n) is 4.70. The fraction of sp³-hybridized carbons (Fsp3) is 0.250. The first-order valence-electron chi connectivity index (χ1n) is 8.12. The van der Waals surface area contributed by atoms with Crippen molar-refractivity contribution in [1.82, 2.24) is 9.97 Å². The van der Waals surface area contributed by atoms with Crippen molar-refractivity contribution in [2.24, 2.45) is 5.92 Å². The molecule has 1 heterocycles. The second-order valence-corrected chi connectivity index (χ2v) is 6.23. The second-order valence-electron chi connectivity index (χ2n) is 6.23. The van der Waals surface area contributed by atoms with Gasteiger partial charge in [-0.3, -0.25) is 14.8 Å². The van der Waals surface area contributed by atoms with E-state index in [9.17, 15) is 4.79 Å². The summed E-state index contributed by atoms with van der Waals surface area (Å²) in [5.41, 5.74) is 5.16. The maximum absolute atomic E-state index is 12.1. The molecule has 114 valence electrons. The lowest BCUT2D eigenvalue weighted by Gasteiger charge is -2.23. The molecule has 3 nitrogen and oxygen atoms in total. The van der Waals surface area contributed by atoms with E-state index in [1.54, 1.807) is 12.4 Å². The molecule has 0 radical (unpaired) electrons. The highest BCUT2D eigenvalue weighted by Gasteiger charge is 2.24. The summed E-state index contributed by atoms with van der Waals surface area (Å²) >= 11 is 0. The molecule has 0 saturated heterocycles. The van der Waals surface area contributed by atoms with Crippen LogP contribution in [-0.4, -0.2) is 15.8 Å². The third-order valence-corrected chi connectivity index (χ3v) is 4.70. The van der Waals surface area contributed by atoms with Crippen molar-refractivity contribution >= 4 is 16.8 Å². The van der Waals surface area contributed by atoms with Crippen LogP contribution < -0.4 is 0 Å². The zero-order valence-corrected chi connectivity index (χ0v) is 12.9. The summed E-state index contributed by atoms with van der Waals surface area (Å²) in [5, 5.41) is 0. The smallest absolute Gasteiger partial charge is 0.140 e. The molecule has 0 atom stereocenters. The highest BCUT2D eigenvalue weighted by atomic mass is 16.1. The van der Waals surface area contributed by atoms with E-state index in [2.05, 4.69) is 46.4 Å². The van der Waals surface area contributed by atoms with Gasteiger partial charge in [-0.25, -0.2) is 0 Å². The Hall–Kier alpha value is -2.55. The van der Waals surface area contributed by atoms with Crippen molar-refractivity contribution in [3.8, 4) is 11.1 Å². The number of fused-ring (bicyclic) bond motifs is 1. The molecule has 0 bridgehead atoms. The molecule has 0 amide bonds. The van der Waals surface area contributed by atoms with Crippen molar-refractivity contribution < 1.29 is 4.79 Å². The number of benzene rings is 2. The van der Waals surface area contributed by atoms with Crippen molar-refractivity contribution in [3.05, 3.63) is 60.4 Å². The molecule has 23 heavy (non-hydrogen) atoms. The van der Waals surface area contributed by atoms with Gasteiger partial charge in [0.05, 0.1) is 11.0 Å². The molecule has 3 heteroatoms. The van der Waals surface area contributed by atoms with Crippen LogP contribution in [0.2, 0.25) is 0 Å². The molecule has 0 unspecified atom stereocenters. The lowest BCUT2D eigenvalue weighted by molar-refractivity contribution is -0.124. The fourth-order valence-electron chi connectivity index (χ4n) is 3.03. The largest absolute Gasteiger partial charge is 0.299 e. The minimum absolute atomic E-state index is 0.314. The Morgan fingerprint density at radius 1 is 0.913 bits per heavy atom. The summed E-state index contributed by atoms with van der Waals surface area (Å²) in [6, 6.07) is 14.4. The molecule has 0 aliphatic heterocycles. The number of nitrogens with zero attached hydrogens (tertiary/aromatic N) is 2. The molecule has 1 saturated carbocycles. The maximum atomic E-state index is 12.1. The van der Waals surface area contributed by atoms with Crippen molar-refractivity contribution in [2.75, 3.05) is 0 Å². The van der Waals surface area contributed by atoms with Crippen LogP contribution in [0.5, 0.6) is 0 Å². The Bertz CT molecular complexity index is 851. The SMILES string of the molecule is O=C(Cc1ccc(-c2ccc3nccnc3c2)cc1)C1CCC1. The number of carbonyl (C=O) groups is 1. The molecule has 0 N–H and O–H groups in total. The number of carbonyl (C=O) groups excluding carboxylic acids is 1. The average Bonchev–Trinajstić information content (AvgIpc) is 2.53. The first-order chi connectivity index (χ1) is 11.3.